The highest BCUT2D eigenvalue weighted by atomic mass is 13.8. The first-order chi connectivity index (χ1) is 3.00. The van der Waals surface area contributed by atoms with Crippen LogP contribution in [0, 0.1) is 11.8 Å². The lowest BCUT2D eigenvalue weighted by molar-refractivity contribution is 1.08. The Balaban J connectivity index is 2.58. The maximum absolute atomic E-state index is 2.95. The molecule has 0 saturated heterocycles. The van der Waals surface area contributed by atoms with Gasteiger partial charge in [0.25, 0.3) is 0 Å². The summed E-state index contributed by atoms with van der Waals surface area (Å²) < 4.78 is 0. The Bertz CT molecular complexity index is 110. The molecule has 1 rings (SSSR count). The van der Waals surface area contributed by atoms with Crippen LogP contribution in [0.15, 0.2) is 12.2 Å². The van der Waals surface area contributed by atoms with Crippen LogP contribution < -0.4 is 0 Å². The number of allylic oxidation sites excluding steroid dienone is 2. The van der Waals surface area contributed by atoms with E-state index in [1.54, 1.807) is 0 Å². The molecular weight excluding hydrogens is 72.1 g/mol. The third-order valence-electron chi connectivity index (χ3n) is 0.739. The van der Waals surface area contributed by atoms with Crippen molar-refractivity contribution in [3.8, 4) is 11.8 Å². The third kappa shape index (κ3) is 0.621. The molecule has 0 aliphatic heterocycles. The normalized spacial score (nSPS) is 16.0. The molecule has 6 heavy (non-hydrogen) atoms. The highest BCUT2D eigenvalue weighted by Gasteiger charge is 1.76. The van der Waals surface area contributed by atoms with Gasteiger partial charge in [0.05, 0.1) is 0 Å². The fraction of sp³-hybridized carbons (Fsp3) is 0.333. The van der Waals surface area contributed by atoms with Crippen molar-refractivity contribution in [3.63, 3.8) is 0 Å². The van der Waals surface area contributed by atoms with Gasteiger partial charge in [0.15, 0.2) is 0 Å². The van der Waals surface area contributed by atoms with E-state index in [2.05, 4.69) is 17.9 Å². The van der Waals surface area contributed by atoms with Gasteiger partial charge in [0.2, 0.25) is 0 Å². The molecule has 0 aromatic carbocycles. The molecule has 0 amide bonds. The van der Waals surface area contributed by atoms with Crippen LogP contribution in [0.25, 0.3) is 0 Å². The number of hydrogen-bond donors (Lipinski definition) is 0. The van der Waals surface area contributed by atoms with Crippen molar-refractivity contribution in [2.24, 2.45) is 0 Å². The first-order valence-electron chi connectivity index (χ1n) is 2.13. The second-order valence-electron chi connectivity index (χ2n) is 1.26. The van der Waals surface area contributed by atoms with Crippen molar-refractivity contribution in [2.75, 3.05) is 0 Å². The lowest BCUT2D eigenvalue weighted by atomic mass is 10.2. The Labute approximate surface area is 37.9 Å². The highest BCUT2D eigenvalue weighted by Crippen LogP contribution is 1.91. The van der Waals surface area contributed by atoms with Gasteiger partial charge < -0.3 is 0 Å². The SMILES string of the molecule is C1#CCCC=C1. The maximum atomic E-state index is 2.95. The number of hydrogen-bond acceptors (Lipinski definition) is 0. The van der Waals surface area contributed by atoms with Crippen molar-refractivity contribution in [2.45, 2.75) is 12.8 Å². The summed E-state index contributed by atoms with van der Waals surface area (Å²) in [5.41, 5.74) is 0. The number of rotatable bonds is 0. The largest absolute Gasteiger partial charge is 0.0982 e. The van der Waals surface area contributed by atoms with Crippen LogP contribution in [0.4, 0.5) is 0 Å². The molecule has 0 spiro atoms. The lowest BCUT2D eigenvalue weighted by Crippen LogP contribution is -1.68. The monoisotopic (exact) mass is 78.0 g/mol. The van der Waals surface area contributed by atoms with E-state index in [-0.39, 0.29) is 0 Å². The fourth-order valence-electron chi connectivity index (χ4n) is 0.429. The van der Waals surface area contributed by atoms with E-state index in [1.165, 1.54) is 0 Å². The fourth-order valence-corrected chi connectivity index (χ4v) is 0.429. The van der Waals surface area contributed by atoms with E-state index < -0.39 is 0 Å². The van der Waals surface area contributed by atoms with E-state index in [1.807, 2.05) is 6.08 Å². The standard InChI is InChI=1S/C6H6/c1-2-4-6-5-3-1/h1-2H,3,5H2. The summed E-state index contributed by atoms with van der Waals surface area (Å²) in [5.74, 6) is 5.80. The minimum absolute atomic E-state index is 1.05. The zero-order valence-corrected chi connectivity index (χ0v) is 3.57. The van der Waals surface area contributed by atoms with Crippen LogP contribution in [0.1, 0.15) is 12.8 Å². The molecule has 0 fully saturated rings. The van der Waals surface area contributed by atoms with Crippen LogP contribution in [0.2, 0.25) is 0 Å². The van der Waals surface area contributed by atoms with Crippen LogP contribution in [-0.4, -0.2) is 0 Å². The molecule has 0 heteroatoms. The average molecular weight is 78.1 g/mol. The first-order valence-corrected chi connectivity index (χ1v) is 2.13. The molecule has 0 aromatic rings. The van der Waals surface area contributed by atoms with Crippen LogP contribution in [0.5, 0.6) is 0 Å². The molecule has 30 valence electrons. The van der Waals surface area contributed by atoms with E-state index >= 15 is 0 Å². The van der Waals surface area contributed by atoms with E-state index in [0.29, 0.717) is 0 Å². The second kappa shape index (κ2) is 1.67. The Kier molecular flexibility index (Phi) is 0.969. The van der Waals surface area contributed by atoms with Gasteiger partial charge in [0.1, 0.15) is 0 Å². The van der Waals surface area contributed by atoms with E-state index in [9.17, 15) is 0 Å². The van der Waals surface area contributed by atoms with Crippen molar-refractivity contribution >= 4 is 0 Å². The molecule has 0 unspecified atom stereocenters. The summed E-state index contributed by atoms with van der Waals surface area (Å²) >= 11 is 0. The summed E-state index contributed by atoms with van der Waals surface area (Å²) in [6, 6.07) is 0. The van der Waals surface area contributed by atoms with E-state index in [4.69, 9.17) is 0 Å². The quantitative estimate of drug-likeness (QED) is 0.383. The molecule has 0 aromatic heterocycles. The second-order valence-corrected chi connectivity index (χ2v) is 1.26. The van der Waals surface area contributed by atoms with Crippen molar-refractivity contribution in [3.05, 3.63) is 12.2 Å². The topological polar surface area (TPSA) is 0 Å². The Morgan fingerprint density at radius 3 is 2.67 bits per heavy atom. The molecule has 0 saturated carbocycles. The summed E-state index contributed by atoms with van der Waals surface area (Å²) in [6.07, 6.45) is 6.20. The predicted molar refractivity (Wildman–Crippen MR) is 26.1 cm³/mol. The van der Waals surface area contributed by atoms with Crippen LogP contribution >= 0.6 is 0 Å². The Hall–Kier alpha value is -0.700. The maximum Gasteiger partial charge on any atom is 0.0127 e. The van der Waals surface area contributed by atoms with Crippen LogP contribution in [0.3, 0.4) is 0 Å². The zero-order valence-electron chi connectivity index (χ0n) is 3.57. The van der Waals surface area contributed by atoms with E-state index in [0.717, 1.165) is 12.8 Å². The van der Waals surface area contributed by atoms with Gasteiger partial charge in [-0.15, -0.1) is 0 Å². The third-order valence-corrected chi connectivity index (χ3v) is 0.739. The van der Waals surface area contributed by atoms with Gasteiger partial charge in [-0.05, 0) is 12.5 Å². The highest BCUT2D eigenvalue weighted by molar-refractivity contribution is 5.19. The first kappa shape index (κ1) is 3.49. The zero-order chi connectivity index (χ0) is 4.24. The van der Waals surface area contributed by atoms with Crippen molar-refractivity contribution in [1.29, 1.82) is 0 Å². The molecule has 0 heterocycles. The minimum Gasteiger partial charge on any atom is -0.0982 e. The minimum atomic E-state index is 1.05. The Morgan fingerprint density at radius 2 is 2.50 bits per heavy atom. The smallest absolute Gasteiger partial charge is 0.0127 e. The summed E-state index contributed by atoms with van der Waals surface area (Å²) in [6.45, 7) is 0. The molecule has 0 atom stereocenters. The lowest BCUT2D eigenvalue weighted by Gasteiger charge is -1.83. The van der Waals surface area contributed by atoms with Crippen molar-refractivity contribution in [1.82, 2.24) is 0 Å². The predicted octanol–water partition coefficient (Wildman–Crippen LogP) is 1.34. The van der Waals surface area contributed by atoms with Crippen molar-refractivity contribution < 1.29 is 0 Å². The molecule has 1 aliphatic carbocycles. The molecule has 0 bridgehead atoms. The molecule has 0 nitrogen and oxygen atoms in total. The molecular formula is C6H6. The Morgan fingerprint density at radius 1 is 1.50 bits per heavy atom. The van der Waals surface area contributed by atoms with Gasteiger partial charge in [-0.3, -0.25) is 0 Å². The summed E-state index contributed by atoms with van der Waals surface area (Å²) in [4.78, 5) is 0. The van der Waals surface area contributed by atoms with Gasteiger partial charge in [-0.1, -0.05) is 17.9 Å². The van der Waals surface area contributed by atoms with Gasteiger partial charge >= 0.3 is 0 Å². The van der Waals surface area contributed by atoms with Gasteiger partial charge in [-0.2, -0.15) is 0 Å². The van der Waals surface area contributed by atoms with Gasteiger partial charge in [-0.25, -0.2) is 0 Å². The molecule has 0 N–H and O–H groups in total. The summed E-state index contributed by atoms with van der Waals surface area (Å²) in [5, 5.41) is 0. The van der Waals surface area contributed by atoms with Crippen LogP contribution in [-0.2, 0) is 0 Å². The average Bonchev–Trinajstić information content (AvgIpc) is 1.72. The molecule has 0 radical (unpaired) electrons. The molecule has 1 aliphatic rings. The van der Waals surface area contributed by atoms with Gasteiger partial charge in [0, 0.05) is 6.42 Å². The summed E-state index contributed by atoms with van der Waals surface area (Å²) in [7, 11) is 0.